The average molecular weight is 390 g/mol. The highest BCUT2D eigenvalue weighted by Gasteiger charge is 2.33. The molecule has 2 heterocycles. The number of benzene rings is 2. The lowest BCUT2D eigenvalue weighted by molar-refractivity contribution is -0.141. The molecule has 1 fully saturated rings. The van der Waals surface area contributed by atoms with Crippen molar-refractivity contribution in [3.8, 4) is 28.8 Å². The first-order valence-corrected chi connectivity index (χ1v) is 9.42. The molecule has 4 rings (SSSR count). The van der Waals surface area contributed by atoms with E-state index in [2.05, 4.69) is 11.1 Å². The average Bonchev–Trinajstić information content (AvgIpc) is 3.10. The lowest BCUT2D eigenvalue weighted by atomic mass is 9.97. The van der Waals surface area contributed by atoms with Crippen LogP contribution >= 0.6 is 0 Å². The zero-order valence-corrected chi connectivity index (χ0v) is 16.6. The Labute approximate surface area is 169 Å². The molecule has 1 aliphatic rings. The Balaban J connectivity index is 1.79. The van der Waals surface area contributed by atoms with Gasteiger partial charge in [-0.25, -0.2) is 4.98 Å². The van der Waals surface area contributed by atoms with Crippen molar-refractivity contribution >= 4 is 10.8 Å². The Morgan fingerprint density at radius 1 is 1.17 bits per heavy atom. The number of methoxy groups -OCH3 is 1. The summed E-state index contributed by atoms with van der Waals surface area (Å²) < 4.78 is 23.0. The maximum absolute atomic E-state index is 9.51. The molecule has 6 nitrogen and oxygen atoms in total. The standard InChI is InChI=1S/C23H22N2O4/c1-23(2)28-14-17(29-23)13-27-22-18-9-10-20(26-3)21(15-7-5-4-6-8-15)19(18)11-16(12-24)25-22/h4-11,17H,13-14H2,1-3H3. The summed E-state index contributed by atoms with van der Waals surface area (Å²) in [6.07, 6.45) is -0.195. The highest BCUT2D eigenvalue weighted by molar-refractivity contribution is 6.02. The molecule has 1 aliphatic heterocycles. The SMILES string of the molecule is COc1ccc2c(OCC3COC(C)(C)O3)nc(C#N)cc2c1-c1ccccc1. The molecule has 0 aliphatic carbocycles. The van der Waals surface area contributed by atoms with Gasteiger partial charge in [0, 0.05) is 16.3 Å². The Morgan fingerprint density at radius 2 is 1.97 bits per heavy atom. The van der Waals surface area contributed by atoms with Gasteiger partial charge < -0.3 is 18.9 Å². The fourth-order valence-electron chi connectivity index (χ4n) is 3.53. The summed E-state index contributed by atoms with van der Waals surface area (Å²) in [5, 5.41) is 11.2. The van der Waals surface area contributed by atoms with E-state index in [9.17, 15) is 5.26 Å². The van der Waals surface area contributed by atoms with Crippen LogP contribution in [0.5, 0.6) is 11.6 Å². The predicted octanol–water partition coefficient (Wildman–Crippen LogP) is 4.31. The summed E-state index contributed by atoms with van der Waals surface area (Å²) in [4.78, 5) is 4.39. The maximum atomic E-state index is 9.51. The number of rotatable bonds is 5. The van der Waals surface area contributed by atoms with Crippen LogP contribution in [0.25, 0.3) is 21.9 Å². The van der Waals surface area contributed by atoms with E-state index in [1.807, 2.05) is 56.3 Å². The molecule has 148 valence electrons. The van der Waals surface area contributed by atoms with Crippen molar-refractivity contribution in [2.24, 2.45) is 0 Å². The third kappa shape index (κ3) is 3.88. The molecule has 1 unspecified atom stereocenters. The first-order chi connectivity index (χ1) is 14.0. The fourth-order valence-corrected chi connectivity index (χ4v) is 3.53. The molecule has 1 aromatic heterocycles. The van der Waals surface area contributed by atoms with Crippen molar-refractivity contribution < 1.29 is 18.9 Å². The molecule has 29 heavy (non-hydrogen) atoms. The number of fused-ring (bicyclic) bond motifs is 1. The summed E-state index contributed by atoms with van der Waals surface area (Å²) >= 11 is 0. The molecule has 0 bridgehead atoms. The Kier molecular flexibility index (Phi) is 5.10. The van der Waals surface area contributed by atoms with Gasteiger partial charge >= 0.3 is 0 Å². The highest BCUT2D eigenvalue weighted by Crippen LogP contribution is 2.40. The topological polar surface area (TPSA) is 73.6 Å². The number of hydrogen-bond acceptors (Lipinski definition) is 6. The molecule has 0 saturated carbocycles. The van der Waals surface area contributed by atoms with Crippen molar-refractivity contribution in [2.45, 2.75) is 25.7 Å². The Hall–Kier alpha value is -3.14. The van der Waals surface area contributed by atoms with Crippen LogP contribution in [0.4, 0.5) is 0 Å². The molecular weight excluding hydrogens is 368 g/mol. The maximum Gasteiger partial charge on any atom is 0.222 e. The zero-order chi connectivity index (χ0) is 20.4. The second kappa shape index (κ2) is 7.70. The summed E-state index contributed by atoms with van der Waals surface area (Å²) in [5.74, 6) is 0.498. The Bertz CT molecular complexity index is 1070. The molecule has 0 amide bonds. The second-order valence-corrected chi connectivity index (χ2v) is 7.29. The van der Waals surface area contributed by atoms with Gasteiger partial charge in [-0.2, -0.15) is 5.26 Å². The number of hydrogen-bond donors (Lipinski definition) is 0. The van der Waals surface area contributed by atoms with Gasteiger partial charge in [-0.1, -0.05) is 30.3 Å². The van der Waals surface area contributed by atoms with E-state index in [0.717, 1.165) is 27.6 Å². The van der Waals surface area contributed by atoms with Gasteiger partial charge in [-0.15, -0.1) is 0 Å². The third-order valence-corrected chi connectivity index (χ3v) is 4.81. The van der Waals surface area contributed by atoms with Gasteiger partial charge in [0.05, 0.1) is 13.7 Å². The number of aromatic nitrogens is 1. The van der Waals surface area contributed by atoms with Crippen LogP contribution < -0.4 is 9.47 Å². The fraction of sp³-hybridized carbons (Fsp3) is 0.304. The Morgan fingerprint density at radius 3 is 2.62 bits per heavy atom. The van der Waals surface area contributed by atoms with E-state index in [4.69, 9.17) is 18.9 Å². The minimum absolute atomic E-state index is 0.195. The number of nitrogens with zero attached hydrogens (tertiary/aromatic N) is 2. The number of pyridine rings is 1. The highest BCUT2D eigenvalue weighted by atomic mass is 16.7. The molecule has 3 aromatic rings. The van der Waals surface area contributed by atoms with Crippen molar-refractivity contribution in [3.05, 3.63) is 54.2 Å². The van der Waals surface area contributed by atoms with E-state index in [1.165, 1.54) is 0 Å². The minimum Gasteiger partial charge on any atom is -0.496 e. The molecule has 0 spiro atoms. The first kappa shape index (κ1) is 19.2. The van der Waals surface area contributed by atoms with Crippen LogP contribution in [0.3, 0.4) is 0 Å². The van der Waals surface area contributed by atoms with Gasteiger partial charge in [0.1, 0.15) is 30.2 Å². The first-order valence-electron chi connectivity index (χ1n) is 9.42. The smallest absolute Gasteiger partial charge is 0.222 e. The third-order valence-electron chi connectivity index (χ3n) is 4.81. The molecular formula is C23H22N2O4. The van der Waals surface area contributed by atoms with Crippen LogP contribution in [-0.2, 0) is 9.47 Å². The normalized spacial score (nSPS) is 17.8. The summed E-state index contributed by atoms with van der Waals surface area (Å²) in [6.45, 7) is 4.48. The minimum atomic E-state index is -0.619. The van der Waals surface area contributed by atoms with Gasteiger partial charge in [0.15, 0.2) is 5.79 Å². The van der Waals surface area contributed by atoms with Gasteiger partial charge in [0.25, 0.3) is 0 Å². The quantitative estimate of drug-likeness (QED) is 0.646. The zero-order valence-electron chi connectivity index (χ0n) is 16.6. The van der Waals surface area contributed by atoms with Gasteiger partial charge in [-0.05, 0) is 37.6 Å². The summed E-state index contributed by atoms with van der Waals surface area (Å²) in [5.41, 5.74) is 2.17. The molecule has 0 N–H and O–H groups in total. The van der Waals surface area contributed by atoms with Crippen LogP contribution in [0.15, 0.2) is 48.5 Å². The number of nitriles is 1. The molecule has 1 atom stereocenters. The van der Waals surface area contributed by atoms with E-state index in [0.29, 0.717) is 12.5 Å². The monoisotopic (exact) mass is 390 g/mol. The van der Waals surface area contributed by atoms with E-state index < -0.39 is 5.79 Å². The van der Waals surface area contributed by atoms with Crippen LogP contribution in [0, 0.1) is 11.3 Å². The molecule has 2 aromatic carbocycles. The largest absolute Gasteiger partial charge is 0.496 e. The molecule has 0 radical (unpaired) electrons. The predicted molar refractivity (Wildman–Crippen MR) is 109 cm³/mol. The van der Waals surface area contributed by atoms with Crippen LogP contribution in [0.1, 0.15) is 19.5 Å². The summed E-state index contributed by atoms with van der Waals surface area (Å²) in [6, 6.07) is 17.6. The van der Waals surface area contributed by atoms with Gasteiger partial charge in [-0.3, -0.25) is 0 Å². The lowest BCUT2D eigenvalue weighted by Gasteiger charge is -2.18. The van der Waals surface area contributed by atoms with Crippen molar-refractivity contribution in [3.63, 3.8) is 0 Å². The van der Waals surface area contributed by atoms with E-state index in [1.54, 1.807) is 13.2 Å². The van der Waals surface area contributed by atoms with Crippen LogP contribution in [0.2, 0.25) is 0 Å². The van der Waals surface area contributed by atoms with Gasteiger partial charge in [0.2, 0.25) is 5.88 Å². The van der Waals surface area contributed by atoms with Crippen molar-refractivity contribution in [1.82, 2.24) is 4.98 Å². The number of ether oxygens (including phenoxy) is 4. The second-order valence-electron chi connectivity index (χ2n) is 7.29. The molecule has 1 saturated heterocycles. The van der Waals surface area contributed by atoms with E-state index >= 15 is 0 Å². The van der Waals surface area contributed by atoms with Crippen molar-refractivity contribution in [1.29, 1.82) is 5.26 Å². The van der Waals surface area contributed by atoms with E-state index in [-0.39, 0.29) is 18.4 Å². The molecule has 6 heteroatoms. The summed E-state index contributed by atoms with van der Waals surface area (Å²) in [7, 11) is 1.64. The van der Waals surface area contributed by atoms with Crippen molar-refractivity contribution in [2.75, 3.05) is 20.3 Å². The lowest BCUT2D eigenvalue weighted by Crippen LogP contribution is -2.25. The van der Waals surface area contributed by atoms with Crippen LogP contribution in [-0.4, -0.2) is 37.2 Å².